The van der Waals surface area contributed by atoms with E-state index in [1.54, 1.807) is 37.3 Å². The van der Waals surface area contributed by atoms with Crippen molar-refractivity contribution in [2.75, 3.05) is 6.26 Å². The molecular formula is C25H22F2N2O4S. The second-order valence-corrected chi connectivity index (χ2v) is 9.80. The van der Waals surface area contributed by atoms with Crippen molar-refractivity contribution in [3.05, 3.63) is 88.6 Å². The Morgan fingerprint density at radius 1 is 1.12 bits per heavy atom. The molecule has 0 fully saturated rings. The largest absolute Gasteiger partial charge is 0.331 e. The van der Waals surface area contributed by atoms with Crippen molar-refractivity contribution >= 4 is 38.2 Å². The van der Waals surface area contributed by atoms with Crippen molar-refractivity contribution in [1.82, 2.24) is 9.29 Å². The van der Waals surface area contributed by atoms with E-state index in [2.05, 4.69) is 0 Å². The van der Waals surface area contributed by atoms with Gasteiger partial charge in [0.2, 0.25) is 10.0 Å². The van der Waals surface area contributed by atoms with Crippen LogP contribution in [0.2, 0.25) is 0 Å². The highest BCUT2D eigenvalue weighted by molar-refractivity contribution is 7.89. The Kier molecular flexibility index (Phi) is 6.22. The number of hydrogen-bond donors (Lipinski definition) is 1. The van der Waals surface area contributed by atoms with Gasteiger partial charge in [0.25, 0.3) is 5.91 Å². The van der Waals surface area contributed by atoms with Crippen LogP contribution in [0.4, 0.5) is 8.78 Å². The molecule has 0 saturated carbocycles. The van der Waals surface area contributed by atoms with E-state index in [9.17, 15) is 26.8 Å². The van der Waals surface area contributed by atoms with Crippen LogP contribution in [0.25, 0.3) is 16.5 Å². The van der Waals surface area contributed by atoms with Crippen molar-refractivity contribution in [3.8, 4) is 0 Å². The minimum absolute atomic E-state index is 0.0980. The fourth-order valence-corrected chi connectivity index (χ4v) is 4.57. The number of ketones is 1. The Labute approximate surface area is 195 Å². The second-order valence-electron chi connectivity index (χ2n) is 8.05. The van der Waals surface area contributed by atoms with Gasteiger partial charge in [-0.15, -0.1) is 0 Å². The number of nitrogens with one attached hydrogen (secondary N) is 1. The lowest BCUT2D eigenvalue weighted by Crippen LogP contribution is -2.32. The SMILES string of the molecule is CCc1cc2c(C3=CC=CCC3=O)c(C(=O)NS(C)(=O)=O)n(Cc3ccccc3F)c2cc1F. The molecule has 1 aliphatic carbocycles. The van der Waals surface area contributed by atoms with Crippen LogP contribution in [-0.2, 0) is 27.8 Å². The van der Waals surface area contributed by atoms with Crippen LogP contribution in [0, 0.1) is 11.6 Å². The topological polar surface area (TPSA) is 85.2 Å². The Hall–Kier alpha value is -3.59. The number of carbonyl (C=O) groups excluding carboxylic acids is 2. The highest BCUT2D eigenvalue weighted by Crippen LogP contribution is 2.36. The number of sulfonamides is 1. The molecular weight excluding hydrogens is 462 g/mol. The first-order valence-corrected chi connectivity index (χ1v) is 12.5. The summed E-state index contributed by atoms with van der Waals surface area (Å²) in [5.41, 5.74) is 1.05. The molecule has 0 bridgehead atoms. The zero-order valence-electron chi connectivity index (χ0n) is 18.6. The molecule has 9 heteroatoms. The Morgan fingerprint density at radius 2 is 1.85 bits per heavy atom. The molecule has 6 nitrogen and oxygen atoms in total. The van der Waals surface area contributed by atoms with Gasteiger partial charge in [-0.1, -0.05) is 43.4 Å². The summed E-state index contributed by atoms with van der Waals surface area (Å²) in [7, 11) is -3.97. The Morgan fingerprint density at radius 3 is 2.50 bits per heavy atom. The normalized spacial score (nSPS) is 13.9. The van der Waals surface area contributed by atoms with E-state index in [0.717, 1.165) is 6.26 Å². The molecule has 34 heavy (non-hydrogen) atoms. The van der Waals surface area contributed by atoms with Crippen LogP contribution in [0.3, 0.4) is 0 Å². The molecule has 1 N–H and O–H groups in total. The van der Waals surface area contributed by atoms with E-state index < -0.39 is 27.6 Å². The third kappa shape index (κ3) is 4.43. The average Bonchev–Trinajstić information content (AvgIpc) is 3.07. The zero-order chi connectivity index (χ0) is 24.6. The van der Waals surface area contributed by atoms with Crippen LogP contribution in [-0.4, -0.2) is 30.9 Å². The number of aryl methyl sites for hydroxylation is 1. The Bertz CT molecular complexity index is 1500. The molecule has 0 aliphatic heterocycles. The summed E-state index contributed by atoms with van der Waals surface area (Å²) in [4.78, 5) is 26.1. The summed E-state index contributed by atoms with van der Waals surface area (Å²) in [5, 5.41) is 0.406. The number of aromatic nitrogens is 1. The molecule has 0 spiro atoms. The lowest BCUT2D eigenvalue weighted by Gasteiger charge is -2.14. The first-order valence-electron chi connectivity index (χ1n) is 10.6. The molecule has 1 heterocycles. The lowest BCUT2D eigenvalue weighted by molar-refractivity contribution is -0.113. The number of benzene rings is 2. The monoisotopic (exact) mass is 484 g/mol. The van der Waals surface area contributed by atoms with Crippen molar-refractivity contribution in [3.63, 3.8) is 0 Å². The predicted molar refractivity (Wildman–Crippen MR) is 126 cm³/mol. The number of amides is 1. The number of rotatable bonds is 6. The van der Waals surface area contributed by atoms with Gasteiger partial charge in [-0.2, -0.15) is 0 Å². The summed E-state index contributed by atoms with van der Waals surface area (Å²) in [6.07, 6.45) is 6.16. The molecule has 3 aromatic rings. The number of nitrogens with zero attached hydrogens (tertiary/aromatic N) is 1. The Balaban J connectivity index is 2.11. The number of hydrogen-bond acceptors (Lipinski definition) is 4. The van der Waals surface area contributed by atoms with Gasteiger partial charge in [0.1, 0.15) is 17.3 Å². The van der Waals surface area contributed by atoms with Crippen LogP contribution < -0.4 is 4.72 Å². The molecule has 0 radical (unpaired) electrons. The van der Waals surface area contributed by atoms with Crippen LogP contribution in [0.1, 0.15) is 40.5 Å². The van der Waals surface area contributed by atoms with Gasteiger partial charge in [-0.3, -0.25) is 9.59 Å². The molecule has 1 aromatic heterocycles. The van der Waals surface area contributed by atoms with Gasteiger partial charge in [-0.25, -0.2) is 21.9 Å². The van der Waals surface area contributed by atoms with Crippen molar-refractivity contribution in [1.29, 1.82) is 0 Å². The third-order valence-corrected chi connectivity index (χ3v) is 6.22. The standard InChI is InChI=1S/C25H22F2N2O4S/c1-3-15-12-18-21(13-20(15)27)29(14-16-8-4-6-10-19(16)26)24(25(31)28-34(2,32)33)23(18)17-9-5-7-11-22(17)30/h4-10,12-13H,3,11,14H2,1-2H3,(H,28,31). The minimum Gasteiger partial charge on any atom is -0.331 e. The highest BCUT2D eigenvalue weighted by atomic mass is 32.2. The summed E-state index contributed by atoms with van der Waals surface area (Å²) in [6, 6.07) is 8.70. The number of carbonyl (C=O) groups is 2. The molecule has 1 amide bonds. The molecule has 0 unspecified atom stereocenters. The van der Waals surface area contributed by atoms with Crippen LogP contribution in [0.5, 0.6) is 0 Å². The number of allylic oxidation sites excluding steroid dienone is 4. The minimum atomic E-state index is -3.97. The summed E-state index contributed by atoms with van der Waals surface area (Å²) in [6.45, 7) is 1.59. The van der Waals surface area contributed by atoms with Crippen LogP contribution in [0.15, 0.2) is 54.6 Å². The molecule has 0 atom stereocenters. The summed E-state index contributed by atoms with van der Waals surface area (Å²) < 4.78 is 56.5. The smallest absolute Gasteiger partial charge is 0.282 e. The number of halogens is 2. The van der Waals surface area contributed by atoms with Gasteiger partial charge in [-0.05, 0) is 30.2 Å². The first kappa shape index (κ1) is 23.6. The van der Waals surface area contributed by atoms with E-state index in [-0.39, 0.29) is 46.7 Å². The van der Waals surface area contributed by atoms with Gasteiger partial charge < -0.3 is 4.57 Å². The van der Waals surface area contributed by atoms with Crippen LogP contribution >= 0.6 is 0 Å². The van der Waals surface area contributed by atoms with Crippen molar-refractivity contribution in [2.24, 2.45) is 0 Å². The molecule has 176 valence electrons. The van der Waals surface area contributed by atoms with Gasteiger partial charge in [0.05, 0.1) is 18.3 Å². The second kappa shape index (κ2) is 8.98. The van der Waals surface area contributed by atoms with Gasteiger partial charge in [0.15, 0.2) is 5.78 Å². The summed E-state index contributed by atoms with van der Waals surface area (Å²) >= 11 is 0. The van der Waals surface area contributed by atoms with Crippen molar-refractivity contribution in [2.45, 2.75) is 26.3 Å². The molecule has 2 aromatic carbocycles. The number of fused-ring (bicyclic) bond motifs is 1. The van der Waals surface area contributed by atoms with Crippen molar-refractivity contribution < 1.29 is 26.8 Å². The maximum atomic E-state index is 14.9. The first-order chi connectivity index (χ1) is 16.1. The lowest BCUT2D eigenvalue weighted by atomic mass is 9.92. The number of Topliss-reactive ketones (excluding diaryl/α,β-unsaturated/α-hetero) is 1. The maximum absolute atomic E-state index is 14.9. The highest BCUT2D eigenvalue weighted by Gasteiger charge is 2.30. The fourth-order valence-electron chi connectivity index (χ4n) is 4.14. The third-order valence-electron chi connectivity index (χ3n) is 5.66. The zero-order valence-corrected chi connectivity index (χ0v) is 19.4. The maximum Gasteiger partial charge on any atom is 0.282 e. The molecule has 0 saturated heterocycles. The fraction of sp³-hybridized carbons (Fsp3) is 0.200. The molecule has 1 aliphatic rings. The van der Waals surface area contributed by atoms with E-state index >= 15 is 0 Å². The van der Waals surface area contributed by atoms with Gasteiger partial charge >= 0.3 is 0 Å². The van der Waals surface area contributed by atoms with E-state index in [4.69, 9.17) is 0 Å². The van der Waals surface area contributed by atoms with Gasteiger partial charge in [0, 0.05) is 28.5 Å². The summed E-state index contributed by atoms with van der Waals surface area (Å²) in [5.74, 6) is -2.33. The predicted octanol–water partition coefficient (Wildman–Crippen LogP) is 4.13. The molecule has 4 rings (SSSR count). The van der Waals surface area contributed by atoms with E-state index in [1.165, 1.54) is 28.8 Å². The average molecular weight is 485 g/mol. The van der Waals surface area contributed by atoms with E-state index in [1.807, 2.05) is 4.72 Å². The quantitative estimate of drug-likeness (QED) is 0.570. The van der Waals surface area contributed by atoms with E-state index in [0.29, 0.717) is 17.4 Å².